The summed E-state index contributed by atoms with van der Waals surface area (Å²) in [5.41, 5.74) is 0. The van der Waals surface area contributed by atoms with Crippen LogP contribution in [0.5, 0.6) is 0 Å². The minimum absolute atomic E-state index is 0.0337. The highest BCUT2D eigenvalue weighted by Crippen LogP contribution is 2.14. The Morgan fingerprint density at radius 3 is 1.29 bits per heavy atom. The summed E-state index contributed by atoms with van der Waals surface area (Å²) in [6.07, 6.45) is 61.4. The van der Waals surface area contributed by atoms with E-state index in [-0.39, 0.29) is 42.7 Å². The van der Waals surface area contributed by atoms with Crippen molar-refractivity contribution in [2.24, 2.45) is 0 Å². The third-order valence-corrected chi connectivity index (χ3v) is 10.2. The normalized spacial score (nSPS) is 13.9. The zero-order valence-electron chi connectivity index (χ0n) is 40.5. The second-order valence-electron chi connectivity index (χ2n) is 17.0. The molecule has 0 saturated carbocycles. The first kappa shape index (κ1) is 59.0. The van der Waals surface area contributed by atoms with Gasteiger partial charge >= 0.3 is 17.9 Å². The van der Waals surface area contributed by atoms with Crippen LogP contribution in [-0.2, 0) is 28.6 Å². The van der Waals surface area contributed by atoms with Gasteiger partial charge in [-0.1, -0.05) is 168 Å². The number of quaternary nitrogens is 1. The molecule has 0 fully saturated rings. The Morgan fingerprint density at radius 1 is 0.476 bits per heavy atom. The molecule has 0 heterocycles. The molecule has 0 aromatic carbocycles. The summed E-state index contributed by atoms with van der Waals surface area (Å²) in [6.45, 7) is 4.43. The maximum atomic E-state index is 12.8. The molecule has 1 N–H and O–H groups in total. The van der Waals surface area contributed by atoms with E-state index in [9.17, 15) is 19.5 Å². The number of likely N-dealkylation sites (N-methyl/N-ethyl adjacent to an activating group) is 1. The van der Waals surface area contributed by atoms with E-state index in [0.29, 0.717) is 19.3 Å². The summed E-state index contributed by atoms with van der Waals surface area (Å²) < 4.78 is 17.3. The molecule has 0 aliphatic heterocycles. The second-order valence-corrected chi connectivity index (χ2v) is 17.0. The number of carboxylic acids is 1. The SMILES string of the molecule is CC/C=C/C/C=C/C/C=C/C/C=C/C/C=C/CCCC(=O)OCC(COCCC(C(=O)O)[N+](C)(C)C)OC(=O)CCCCCCCCCCC/C=C/C/C=C/C/C=C/C/C=C/CC. The number of aliphatic carboxylic acids is 1. The van der Waals surface area contributed by atoms with E-state index in [2.05, 4.69) is 123 Å². The molecule has 0 bridgehead atoms. The van der Waals surface area contributed by atoms with Crippen LogP contribution in [0.2, 0.25) is 0 Å². The highest BCUT2D eigenvalue weighted by molar-refractivity contribution is 5.72. The van der Waals surface area contributed by atoms with Crippen LogP contribution >= 0.6 is 0 Å². The molecule has 0 aliphatic carbocycles. The highest BCUT2D eigenvalue weighted by atomic mass is 16.6. The van der Waals surface area contributed by atoms with Crippen molar-refractivity contribution in [2.75, 3.05) is 41.0 Å². The molecule has 8 nitrogen and oxygen atoms in total. The lowest BCUT2D eigenvalue weighted by molar-refractivity contribution is -0.887. The number of carbonyl (C=O) groups excluding carboxylic acids is 2. The van der Waals surface area contributed by atoms with Crippen molar-refractivity contribution in [1.29, 1.82) is 0 Å². The van der Waals surface area contributed by atoms with E-state index in [4.69, 9.17) is 14.2 Å². The smallest absolute Gasteiger partial charge is 0.362 e. The lowest BCUT2D eigenvalue weighted by Crippen LogP contribution is -2.50. The molecule has 0 amide bonds. The van der Waals surface area contributed by atoms with Gasteiger partial charge in [0.15, 0.2) is 12.1 Å². The van der Waals surface area contributed by atoms with Gasteiger partial charge in [0, 0.05) is 19.3 Å². The maximum absolute atomic E-state index is 12.8. The van der Waals surface area contributed by atoms with Gasteiger partial charge in [-0.25, -0.2) is 4.79 Å². The fourth-order valence-electron chi connectivity index (χ4n) is 6.47. The van der Waals surface area contributed by atoms with Crippen molar-refractivity contribution in [3.05, 3.63) is 109 Å². The zero-order chi connectivity index (χ0) is 46.3. The fraction of sp³-hybridized carbons (Fsp3) is 0.618. The van der Waals surface area contributed by atoms with Gasteiger partial charge < -0.3 is 23.8 Å². The van der Waals surface area contributed by atoms with E-state index in [1.54, 1.807) is 0 Å². The summed E-state index contributed by atoms with van der Waals surface area (Å²) in [5.74, 6) is -1.56. The lowest BCUT2D eigenvalue weighted by atomic mass is 10.1. The van der Waals surface area contributed by atoms with Gasteiger partial charge in [0.2, 0.25) is 0 Å². The Morgan fingerprint density at radius 2 is 0.857 bits per heavy atom. The van der Waals surface area contributed by atoms with Gasteiger partial charge in [-0.15, -0.1) is 0 Å². The van der Waals surface area contributed by atoms with Gasteiger partial charge in [-0.3, -0.25) is 9.59 Å². The van der Waals surface area contributed by atoms with E-state index in [1.807, 2.05) is 21.1 Å². The third kappa shape index (κ3) is 43.0. The number of allylic oxidation sites excluding steroid dienone is 18. The fourth-order valence-corrected chi connectivity index (χ4v) is 6.47. The van der Waals surface area contributed by atoms with Gasteiger partial charge in [0.05, 0.1) is 34.4 Å². The molecular weight excluding hydrogens is 787 g/mol. The van der Waals surface area contributed by atoms with E-state index in [0.717, 1.165) is 89.9 Å². The molecule has 63 heavy (non-hydrogen) atoms. The first-order valence-corrected chi connectivity index (χ1v) is 24.4. The summed E-state index contributed by atoms with van der Waals surface area (Å²) in [5, 5.41) is 9.65. The summed E-state index contributed by atoms with van der Waals surface area (Å²) in [4.78, 5) is 37.1. The number of hydrogen-bond acceptors (Lipinski definition) is 6. The van der Waals surface area contributed by atoms with Gasteiger partial charge in [0.1, 0.15) is 6.61 Å². The molecule has 2 unspecified atom stereocenters. The van der Waals surface area contributed by atoms with Crippen molar-refractivity contribution < 1.29 is 38.2 Å². The number of rotatable bonds is 42. The minimum atomic E-state index is -0.888. The topological polar surface area (TPSA) is 99.1 Å². The van der Waals surface area contributed by atoms with Crippen molar-refractivity contribution in [1.82, 2.24) is 0 Å². The van der Waals surface area contributed by atoms with Crippen LogP contribution < -0.4 is 0 Å². The van der Waals surface area contributed by atoms with E-state index in [1.165, 1.54) is 38.5 Å². The molecule has 0 aromatic heterocycles. The molecule has 0 aromatic rings. The predicted octanol–water partition coefficient (Wildman–Crippen LogP) is 14.0. The number of ether oxygens (including phenoxy) is 3. The van der Waals surface area contributed by atoms with Crippen LogP contribution in [0.25, 0.3) is 0 Å². The Hall–Kier alpha value is -4.01. The van der Waals surface area contributed by atoms with Crippen molar-refractivity contribution in [3.8, 4) is 0 Å². The Bertz CT molecular complexity index is 1390. The first-order valence-electron chi connectivity index (χ1n) is 24.4. The summed E-state index contributed by atoms with van der Waals surface area (Å²) in [7, 11) is 5.50. The number of unbranched alkanes of at least 4 members (excludes halogenated alkanes) is 10. The quantitative estimate of drug-likeness (QED) is 0.0282. The van der Waals surface area contributed by atoms with Crippen LogP contribution in [0.4, 0.5) is 0 Å². The summed E-state index contributed by atoms with van der Waals surface area (Å²) >= 11 is 0. The molecule has 0 aliphatic rings. The maximum Gasteiger partial charge on any atom is 0.362 e. The van der Waals surface area contributed by atoms with Crippen molar-refractivity contribution >= 4 is 17.9 Å². The van der Waals surface area contributed by atoms with Crippen LogP contribution in [0.3, 0.4) is 0 Å². The molecule has 0 radical (unpaired) electrons. The Kier molecular flexibility index (Phi) is 41.8. The number of carboxylic acid groups (broad SMARTS) is 1. The molecule has 2 atom stereocenters. The van der Waals surface area contributed by atoms with Crippen LogP contribution in [-0.4, -0.2) is 80.6 Å². The van der Waals surface area contributed by atoms with E-state index < -0.39 is 18.1 Å². The minimum Gasteiger partial charge on any atom is -0.477 e. The van der Waals surface area contributed by atoms with Gasteiger partial charge in [-0.2, -0.15) is 0 Å². The molecule has 0 rings (SSSR count). The Labute approximate surface area is 385 Å². The zero-order valence-corrected chi connectivity index (χ0v) is 40.5. The first-order chi connectivity index (χ1) is 30.6. The van der Waals surface area contributed by atoms with E-state index >= 15 is 0 Å². The van der Waals surface area contributed by atoms with Crippen molar-refractivity contribution in [3.63, 3.8) is 0 Å². The number of nitrogens with zero attached hydrogens (tertiary/aromatic N) is 1. The molecule has 356 valence electrons. The largest absolute Gasteiger partial charge is 0.477 e. The van der Waals surface area contributed by atoms with Gasteiger partial charge in [-0.05, 0) is 89.9 Å². The van der Waals surface area contributed by atoms with Crippen LogP contribution in [0, 0.1) is 0 Å². The predicted molar refractivity (Wildman–Crippen MR) is 266 cm³/mol. The number of hydrogen-bond donors (Lipinski definition) is 1. The third-order valence-electron chi connectivity index (χ3n) is 10.2. The standard InChI is InChI=1S/C55H89NO7/c1-6-8-10-12-14-16-18-20-22-24-25-26-27-28-30-32-34-36-38-40-42-44-46-54(58)63-51(49-61-48-47-52(55(59)60)56(3,4)5)50-62-53(57)45-43-41-39-37-35-33-31-29-23-21-19-17-15-13-11-9-7-2/h8-11,14-17,20-23,25-26,31,33,37,39,51-52H,6-7,12-13,18-19,24,27-30,32,34-36,38,40-50H2,1-5H3/p+1/b10-8+,11-9+,16-14+,17-15+,22-20+,23-21+,26-25+,33-31+,39-37+. The van der Waals surface area contributed by atoms with Crippen LogP contribution in [0.1, 0.15) is 168 Å². The summed E-state index contributed by atoms with van der Waals surface area (Å²) in [6, 6.07) is -0.631. The Balaban J connectivity index is 4.38. The monoisotopic (exact) mass is 877 g/mol. The molecule has 0 spiro atoms. The van der Waals surface area contributed by atoms with Crippen molar-refractivity contribution in [2.45, 2.75) is 180 Å². The average Bonchev–Trinajstić information content (AvgIpc) is 3.24. The second kappa shape index (κ2) is 44.6. The molecular formula is C55H90NO7+. The average molecular weight is 877 g/mol. The number of carbonyl (C=O) groups is 3. The number of esters is 2. The molecule has 8 heteroatoms. The van der Waals surface area contributed by atoms with Gasteiger partial charge in [0.25, 0.3) is 0 Å². The molecule has 0 saturated heterocycles. The lowest BCUT2D eigenvalue weighted by Gasteiger charge is -2.31. The van der Waals surface area contributed by atoms with Crippen LogP contribution in [0.15, 0.2) is 109 Å². The highest BCUT2D eigenvalue weighted by Gasteiger charge is 2.31.